The third-order valence-corrected chi connectivity index (χ3v) is 1.84. The zero-order chi connectivity index (χ0) is 9.52. The average molecular weight is 185 g/mol. The van der Waals surface area contributed by atoms with Crippen molar-refractivity contribution in [1.82, 2.24) is 5.32 Å². The lowest BCUT2D eigenvalue weighted by Crippen LogP contribution is -2.32. The third kappa shape index (κ3) is 3.59. The Morgan fingerprint density at radius 1 is 1.46 bits per heavy atom. The molecule has 74 valence electrons. The summed E-state index contributed by atoms with van der Waals surface area (Å²) in [5, 5.41) is 20.6. The SMILES string of the molecule is OCCC(CO)NCc1ccco1. The number of hydrogen-bond donors (Lipinski definition) is 3. The van der Waals surface area contributed by atoms with Crippen molar-refractivity contribution in [3.8, 4) is 0 Å². The third-order valence-electron chi connectivity index (χ3n) is 1.84. The Hall–Kier alpha value is -0.840. The topological polar surface area (TPSA) is 65.6 Å². The molecule has 1 rings (SSSR count). The van der Waals surface area contributed by atoms with E-state index in [0.29, 0.717) is 13.0 Å². The summed E-state index contributed by atoms with van der Waals surface area (Å²) in [6, 6.07) is 3.62. The van der Waals surface area contributed by atoms with E-state index in [-0.39, 0.29) is 19.3 Å². The predicted octanol–water partition coefficient (Wildman–Crippen LogP) is 0.112. The van der Waals surface area contributed by atoms with E-state index in [4.69, 9.17) is 14.6 Å². The van der Waals surface area contributed by atoms with Gasteiger partial charge in [0.1, 0.15) is 5.76 Å². The van der Waals surface area contributed by atoms with Crippen LogP contribution in [0.25, 0.3) is 0 Å². The van der Waals surface area contributed by atoms with E-state index in [0.717, 1.165) is 5.76 Å². The van der Waals surface area contributed by atoms with E-state index in [1.807, 2.05) is 12.1 Å². The Morgan fingerprint density at radius 2 is 2.31 bits per heavy atom. The summed E-state index contributed by atoms with van der Waals surface area (Å²) in [4.78, 5) is 0. The van der Waals surface area contributed by atoms with Gasteiger partial charge in [0.05, 0.1) is 19.4 Å². The average Bonchev–Trinajstić information content (AvgIpc) is 2.64. The number of nitrogens with one attached hydrogen (secondary N) is 1. The zero-order valence-electron chi connectivity index (χ0n) is 7.44. The molecule has 4 heteroatoms. The number of hydrogen-bond acceptors (Lipinski definition) is 4. The maximum atomic E-state index is 8.88. The van der Waals surface area contributed by atoms with Crippen molar-refractivity contribution in [1.29, 1.82) is 0 Å². The van der Waals surface area contributed by atoms with Gasteiger partial charge in [-0.3, -0.25) is 0 Å². The first-order valence-electron chi connectivity index (χ1n) is 4.34. The van der Waals surface area contributed by atoms with Crippen LogP contribution in [0.1, 0.15) is 12.2 Å². The molecule has 0 fully saturated rings. The van der Waals surface area contributed by atoms with E-state index in [1.54, 1.807) is 6.26 Å². The minimum atomic E-state index is -0.0601. The fourth-order valence-electron chi connectivity index (χ4n) is 1.07. The molecule has 0 aromatic carbocycles. The van der Waals surface area contributed by atoms with Crippen molar-refractivity contribution in [2.24, 2.45) is 0 Å². The van der Waals surface area contributed by atoms with Gasteiger partial charge in [-0.05, 0) is 18.6 Å². The lowest BCUT2D eigenvalue weighted by Gasteiger charge is -2.13. The Bertz CT molecular complexity index is 211. The maximum Gasteiger partial charge on any atom is 0.117 e. The number of rotatable bonds is 6. The van der Waals surface area contributed by atoms with Crippen LogP contribution >= 0.6 is 0 Å². The van der Waals surface area contributed by atoms with Crippen molar-refractivity contribution in [3.63, 3.8) is 0 Å². The van der Waals surface area contributed by atoms with E-state index < -0.39 is 0 Å². The van der Waals surface area contributed by atoms with Gasteiger partial charge in [0.15, 0.2) is 0 Å². The van der Waals surface area contributed by atoms with E-state index >= 15 is 0 Å². The summed E-state index contributed by atoms with van der Waals surface area (Å²) in [7, 11) is 0. The van der Waals surface area contributed by atoms with Crippen LogP contribution in [0.2, 0.25) is 0 Å². The summed E-state index contributed by atoms with van der Waals surface area (Å²) in [6.07, 6.45) is 2.16. The number of aliphatic hydroxyl groups excluding tert-OH is 2. The normalized spacial score (nSPS) is 13.1. The van der Waals surface area contributed by atoms with Gasteiger partial charge in [-0.25, -0.2) is 0 Å². The van der Waals surface area contributed by atoms with Gasteiger partial charge in [-0.15, -0.1) is 0 Å². The van der Waals surface area contributed by atoms with Crippen LogP contribution in [0.4, 0.5) is 0 Å². The monoisotopic (exact) mass is 185 g/mol. The molecule has 13 heavy (non-hydrogen) atoms. The highest BCUT2D eigenvalue weighted by molar-refractivity contribution is 4.97. The molecule has 0 spiro atoms. The summed E-state index contributed by atoms with van der Waals surface area (Å²) >= 11 is 0. The number of furan rings is 1. The molecule has 1 aromatic rings. The molecule has 0 amide bonds. The van der Waals surface area contributed by atoms with Crippen molar-refractivity contribution in [2.75, 3.05) is 13.2 Å². The fourth-order valence-corrected chi connectivity index (χ4v) is 1.07. The van der Waals surface area contributed by atoms with Gasteiger partial charge in [0, 0.05) is 12.6 Å². The van der Waals surface area contributed by atoms with Crippen molar-refractivity contribution >= 4 is 0 Å². The molecule has 0 radical (unpaired) electrons. The van der Waals surface area contributed by atoms with E-state index in [9.17, 15) is 0 Å². The van der Waals surface area contributed by atoms with Crippen LogP contribution in [0.3, 0.4) is 0 Å². The van der Waals surface area contributed by atoms with Crippen LogP contribution in [-0.4, -0.2) is 29.5 Å². The summed E-state index contributed by atoms with van der Waals surface area (Å²) < 4.78 is 5.10. The Labute approximate surface area is 77.2 Å². The van der Waals surface area contributed by atoms with Gasteiger partial charge in [-0.1, -0.05) is 0 Å². The Kier molecular flexibility index (Phi) is 4.53. The molecular weight excluding hydrogens is 170 g/mol. The highest BCUT2D eigenvalue weighted by Gasteiger charge is 2.05. The standard InChI is InChI=1S/C9H15NO3/c11-4-3-8(7-12)10-6-9-2-1-5-13-9/h1-2,5,8,10-12H,3-4,6-7H2. The maximum absolute atomic E-state index is 8.88. The van der Waals surface area contributed by atoms with Crippen LogP contribution < -0.4 is 5.32 Å². The minimum Gasteiger partial charge on any atom is -0.468 e. The van der Waals surface area contributed by atoms with Gasteiger partial charge in [-0.2, -0.15) is 0 Å². The van der Waals surface area contributed by atoms with Gasteiger partial charge < -0.3 is 19.9 Å². The fraction of sp³-hybridized carbons (Fsp3) is 0.556. The molecule has 0 aliphatic rings. The molecule has 1 heterocycles. The van der Waals surface area contributed by atoms with E-state index in [2.05, 4.69) is 5.32 Å². The minimum absolute atomic E-state index is 0.0290. The molecule has 1 unspecified atom stereocenters. The molecule has 1 aromatic heterocycles. The molecule has 4 nitrogen and oxygen atoms in total. The second kappa shape index (κ2) is 5.75. The van der Waals surface area contributed by atoms with Crippen LogP contribution in [0.15, 0.2) is 22.8 Å². The van der Waals surface area contributed by atoms with Crippen LogP contribution in [0, 0.1) is 0 Å². The molecule has 1 atom stereocenters. The quantitative estimate of drug-likeness (QED) is 0.588. The molecule has 0 bridgehead atoms. The molecule has 3 N–H and O–H groups in total. The highest BCUT2D eigenvalue weighted by Crippen LogP contribution is 2.00. The highest BCUT2D eigenvalue weighted by atomic mass is 16.3. The van der Waals surface area contributed by atoms with Crippen molar-refractivity contribution in [3.05, 3.63) is 24.2 Å². The first-order chi connectivity index (χ1) is 6.36. The second-order valence-electron chi connectivity index (χ2n) is 2.85. The Balaban J connectivity index is 2.23. The first kappa shape index (κ1) is 10.2. The largest absolute Gasteiger partial charge is 0.468 e. The second-order valence-corrected chi connectivity index (χ2v) is 2.85. The first-order valence-corrected chi connectivity index (χ1v) is 4.34. The summed E-state index contributed by atoms with van der Waals surface area (Å²) in [5.74, 6) is 0.830. The number of aliphatic hydroxyl groups is 2. The van der Waals surface area contributed by atoms with Gasteiger partial charge in [0.2, 0.25) is 0 Å². The molecular formula is C9H15NO3. The zero-order valence-corrected chi connectivity index (χ0v) is 7.44. The Morgan fingerprint density at radius 3 is 2.85 bits per heavy atom. The molecule has 0 aliphatic heterocycles. The summed E-state index contributed by atoms with van der Waals surface area (Å²) in [6.45, 7) is 0.690. The van der Waals surface area contributed by atoms with Crippen LogP contribution in [-0.2, 0) is 6.54 Å². The summed E-state index contributed by atoms with van der Waals surface area (Å²) in [5.41, 5.74) is 0. The molecule has 0 saturated heterocycles. The lowest BCUT2D eigenvalue weighted by atomic mass is 10.2. The van der Waals surface area contributed by atoms with Gasteiger partial charge >= 0.3 is 0 Å². The van der Waals surface area contributed by atoms with Crippen LogP contribution in [0.5, 0.6) is 0 Å². The molecule has 0 aliphatic carbocycles. The predicted molar refractivity (Wildman–Crippen MR) is 48.1 cm³/mol. The smallest absolute Gasteiger partial charge is 0.117 e. The van der Waals surface area contributed by atoms with E-state index in [1.165, 1.54) is 0 Å². The van der Waals surface area contributed by atoms with Gasteiger partial charge in [0.25, 0.3) is 0 Å². The lowest BCUT2D eigenvalue weighted by molar-refractivity contribution is 0.198. The molecule has 0 saturated carbocycles. The van der Waals surface area contributed by atoms with Crippen molar-refractivity contribution in [2.45, 2.75) is 19.0 Å². The van der Waals surface area contributed by atoms with Crippen molar-refractivity contribution < 1.29 is 14.6 Å².